The first-order valence-electron chi connectivity index (χ1n) is 5.77. The quantitative estimate of drug-likeness (QED) is 0.609. The zero-order chi connectivity index (χ0) is 12.8. The molecular formula is C15H15NS2. The number of thioether (sulfide) groups is 1. The maximum Gasteiger partial charge on any atom is 0.141 e. The molecule has 1 nitrogen and oxygen atoms in total. The Morgan fingerprint density at radius 3 is 2.17 bits per heavy atom. The molecule has 0 saturated carbocycles. The van der Waals surface area contributed by atoms with Crippen molar-refractivity contribution in [3.8, 4) is 0 Å². The van der Waals surface area contributed by atoms with Crippen molar-refractivity contribution in [2.45, 2.75) is 11.4 Å². The molecule has 0 amide bonds. The molecule has 0 fully saturated rings. The summed E-state index contributed by atoms with van der Waals surface area (Å²) >= 11 is 7.08. The fraction of sp³-hybridized carbons (Fsp3) is 0.133. The van der Waals surface area contributed by atoms with Gasteiger partial charge in [-0.2, -0.15) is 0 Å². The third-order valence-electron chi connectivity index (χ3n) is 2.52. The number of thiocarbonyl (C=S) groups is 1. The van der Waals surface area contributed by atoms with Crippen LogP contribution >= 0.6 is 24.0 Å². The van der Waals surface area contributed by atoms with E-state index in [9.17, 15) is 0 Å². The summed E-state index contributed by atoms with van der Waals surface area (Å²) in [6.07, 6.45) is 0. The maximum atomic E-state index is 5.45. The van der Waals surface area contributed by atoms with Gasteiger partial charge in [0.2, 0.25) is 0 Å². The third-order valence-corrected chi connectivity index (χ3v) is 4.08. The Bertz CT molecular complexity index is 496. The van der Waals surface area contributed by atoms with Crippen molar-refractivity contribution in [2.75, 3.05) is 7.05 Å². The highest BCUT2D eigenvalue weighted by Gasteiger charge is 2.06. The molecule has 0 radical (unpaired) electrons. The molecule has 0 unspecified atom stereocenters. The molecule has 2 rings (SSSR count). The number of nitrogens with zero attached hydrogens (tertiary/aromatic N) is 1. The Morgan fingerprint density at radius 1 is 1.00 bits per heavy atom. The van der Waals surface area contributed by atoms with Gasteiger partial charge in [-0.25, -0.2) is 0 Å². The summed E-state index contributed by atoms with van der Waals surface area (Å²) in [5, 5.41) is 0. The summed E-state index contributed by atoms with van der Waals surface area (Å²) in [6, 6.07) is 20.6. The van der Waals surface area contributed by atoms with Crippen molar-refractivity contribution in [1.29, 1.82) is 0 Å². The van der Waals surface area contributed by atoms with Crippen LogP contribution in [0.25, 0.3) is 0 Å². The topological polar surface area (TPSA) is 3.24 Å². The van der Waals surface area contributed by atoms with E-state index in [1.165, 1.54) is 10.5 Å². The highest BCUT2D eigenvalue weighted by molar-refractivity contribution is 8.22. The number of hydrogen-bond donors (Lipinski definition) is 0. The molecule has 0 aliphatic rings. The van der Waals surface area contributed by atoms with Gasteiger partial charge in [0, 0.05) is 18.5 Å². The van der Waals surface area contributed by atoms with Gasteiger partial charge < -0.3 is 4.90 Å². The third kappa shape index (κ3) is 3.86. The summed E-state index contributed by atoms with van der Waals surface area (Å²) in [4.78, 5) is 3.28. The van der Waals surface area contributed by atoms with Crippen molar-refractivity contribution in [2.24, 2.45) is 0 Å². The van der Waals surface area contributed by atoms with Gasteiger partial charge in [-0.3, -0.25) is 0 Å². The first-order valence-corrected chi connectivity index (χ1v) is 7.00. The van der Waals surface area contributed by atoms with Gasteiger partial charge in [-0.1, -0.05) is 72.5 Å². The SMILES string of the molecule is CN(Cc1ccccc1)C(=S)Sc1ccccc1. The van der Waals surface area contributed by atoms with Crippen LogP contribution in [0.15, 0.2) is 65.6 Å². The average Bonchev–Trinajstić information content (AvgIpc) is 2.41. The van der Waals surface area contributed by atoms with Gasteiger partial charge in [0.15, 0.2) is 0 Å². The predicted molar refractivity (Wildman–Crippen MR) is 82.8 cm³/mol. The smallest absolute Gasteiger partial charge is 0.141 e. The van der Waals surface area contributed by atoms with E-state index in [4.69, 9.17) is 12.2 Å². The number of benzene rings is 2. The molecule has 0 aliphatic heterocycles. The van der Waals surface area contributed by atoms with Gasteiger partial charge in [0.05, 0.1) is 0 Å². The molecule has 0 N–H and O–H groups in total. The van der Waals surface area contributed by atoms with Crippen LogP contribution in [-0.2, 0) is 6.54 Å². The van der Waals surface area contributed by atoms with Crippen LogP contribution in [-0.4, -0.2) is 16.3 Å². The summed E-state index contributed by atoms with van der Waals surface area (Å²) < 4.78 is 0.894. The Labute approximate surface area is 118 Å². The van der Waals surface area contributed by atoms with Gasteiger partial charge in [-0.05, 0) is 17.7 Å². The molecule has 0 heterocycles. The van der Waals surface area contributed by atoms with Crippen LogP contribution in [0.3, 0.4) is 0 Å². The number of rotatable bonds is 3. The molecule has 18 heavy (non-hydrogen) atoms. The summed E-state index contributed by atoms with van der Waals surface area (Å²) in [5.74, 6) is 0. The maximum absolute atomic E-state index is 5.45. The Morgan fingerprint density at radius 2 is 1.56 bits per heavy atom. The summed E-state index contributed by atoms with van der Waals surface area (Å²) in [7, 11) is 2.03. The minimum absolute atomic E-state index is 0.847. The molecule has 2 aromatic rings. The lowest BCUT2D eigenvalue weighted by molar-refractivity contribution is 0.519. The van der Waals surface area contributed by atoms with E-state index < -0.39 is 0 Å². The molecule has 92 valence electrons. The van der Waals surface area contributed by atoms with Crippen LogP contribution < -0.4 is 0 Å². The zero-order valence-electron chi connectivity index (χ0n) is 10.2. The van der Waals surface area contributed by atoms with E-state index in [-0.39, 0.29) is 0 Å². The molecule has 0 saturated heterocycles. The van der Waals surface area contributed by atoms with Crippen LogP contribution in [0, 0.1) is 0 Å². The van der Waals surface area contributed by atoms with Crippen LogP contribution in [0.1, 0.15) is 5.56 Å². The summed E-state index contributed by atoms with van der Waals surface area (Å²) in [6.45, 7) is 0.847. The van der Waals surface area contributed by atoms with Crippen molar-refractivity contribution < 1.29 is 0 Å². The lowest BCUT2D eigenvalue weighted by Gasteiger charge is -2.19. The molecule has 0 aromatic heterocycles. The first kappa shape index (κ1) is 13.1. The summed E-state index contributed by atoms with van der Waals surface area (Å²) in [5.41, 5.74) is 1.27. The van der Waals surface area contributed by atoms with E-state index in [1.54, 1.807) is 11.8 Å². The van der Waals surface area contributed by atoms with E-state index in [2.05, 4.69) is 41.3 Å². The van der Waals surface area contributed by atoms with Gasteiger partial charge in [0.25, 0.3) is 0 Å². The van der Waals surface area contributed by atoms with E-state index in [1.807, 2.05) is 31.3 Å². The Kier molecular flexibility index (Phi) is 4.79. The van der Waals surface area contributed by atoms with Crippen molar-refractivity contribution in [3.63, 3.8) is 0 Å². The zero-order valence-corrected chi connectivity index (χ0v) is 11.9. The molecule has 3 heteroatoms. The van der Waals surface area contributed by atoms with Crippen molar-refractivity contribution >= 4 is 28.3 Å². The largest absolute Gasteiger partial charge is 0.356 e. The normalized spacial score (nSPS) is 10.1. The standard InChI is InChI=1S/C15H15NS2/c1-16(12-13-8-4-2-5-9-13)15(17)18-14-10-6-3-7-11-14/h2-11H,12H2,1H3. The second-order valence-electron chi connectivity index (χ2n) is 4.02. The second kappa shape index (κ2) is 6.57. The Hall–Kier alpha value is -1.32. The highest BCUT2D eigenvalue weighted by atomic mass is 32.2. The van der Waals surface area contributed by atoms with Crippen molar-refractivity contribution in [1.82, 2.24) is 4.90 Å². The molecule has 0 spiro atoms. The van der Waals surface area contributed by atoms with Crippen LogP contribution in [0.4, 0.5) is 0 Å². The Balaban J connectivity index is 1.93. The monoisotopic (exact) mass is 273 g/mol. The van der Waals surface area contributed by atoms with Crippen molar-refractivity contribution in [3.05, 3.63) is 66.2 Å². The molecular weight excluding hydrogens is 258 g/mol. The second-order valence-corrected chi connectivity index (χ2v) is 5.73. The highest BCUT2D eigenvalue weighted by Crippen LogP contribution is 2.21. The fourth-order valence-corrected chi connectivity index (χ4v) is 2.66. The van der Waals surface area contributed by atoms with Gasteiger partial charge in [-0.15, -0.1) is 0 Å². The first-order chi connectivity index (χ1) is 8.75. The minimum atomic E-state index is 0.847. The van der Waals surface area contributed by atoms with E-state index in [0.29, 0.717) is 0 Å². The van der Waals surface area contributed by atoms with Crippen LogP contribution in [0.2, 0.25) is 0 Å². The lowest BCUT2D eigenvalue weighted by Crippen LogP contribution is -2.21. The van der Waals surface area contributed by atoms with Gasteiger partial charge >= 0.3 is 0 Å². The average molecular weight is 273 g/mol. The molecule has 2 aromatic carbocycles. The minimum Gasteiger partial charge on any atom is -0.356 e. The van der Waals surface area contributed by atoms with E-state index >= 15 is 0 Å². The van der Waals surface area contributed by atoms with E-state index in [0.717, 1.165) is 10.9 Å². The molecule has 0 bridgehead atoms. The fourth-order valence-electron chi connectivity index (χ4n) is 1.59. The van der Waals surface area contributed by atoms with Gasteiger partial charge in [0.1, 0.15) is 4.32 Å². The number of hydrogen-bond acceptors (Lipinski definition) is 2. The lowest BCUT2D eigenvalue weighted by atomic mass is 10.2. The van der Waals surface area contributed by atoms with Crippen LogP contribution in [0.5, 0.6) is 0 Å². The molecule has 0 atom stereocenters. The molecule has 0 aliphatic carbocycles. The predicted octanol–water partition coefficient (Wildman–Crippen LogP) is 4.20.